The molecule has 2 heterocycles. The second kappa shape index (κ2) is 16.5. The van der Waals surface area contributed by atoms with Gasteiger partial charge in [-0.2, -0.15) is 0 Å². The van der Waals surface area contributed by atoms with Crippen molar-refractivity contribution in [2.45, 2.75) is 65.5 Å². The van der Waals surface area contributed by atoms with Crippen LogP contribution in [0, 0.1) is 0 Å². The van der Waals surface area contributed by atoms with Crippen molar-refractivity contribution in [3.05, 3.63) is 34.5 Å². The number of halogens is 1. The number of thiophene rings is 1. The minimum atomic E-state index is 0. The quantitative estimate of drug-likeness (QED) is 0.158. The first-order chi connectivity index (χ1) is 14.3. The highest BCUT2D eigenvalue weighted by Crippen LogP contribution is 2.21. The van der Waals surface area contributed by atoms with Crippen LogP contribution in [0.1, 0.15) is 63.2 Å². The number of aliphatic imine (C=N–C) groups is 1. The number of guanidine groups is 1. The number of hydrogen-bond acceptors (Lipinski definition) is 5. The number of aromatic nitrogens is 3. The second-order valence-corrected chi connectivity index (χ2v) is 7.87. The average molecular weight is 549 g/mol. The molecule has 0 aliphatic carbocycles. The van der Waals surface area contributed by atoms with Crippen LogP contribution in [-0.4, -0.2) is 47.0 Å². The zero-order valence-electron chi connectivity index (χ0n) is 18.5. The highest BCUT2D eigenvalue weighted by atomic mass is 127. The number of ether oxygens (including phenoxy) is 1. The van der Waals surface area contributed by atoms with Crippen LogP contribution in [0.2, 0.25) is 0 Å². The molecule has 9 heteroatoms. The molecule has 2 N–H and O–H groups in total. The van der Waals surface area contributed by atoms with E-state index in [0.29, 0.717) is 0 Å². The Labute approximate surface area is 202 Å². The summed E-state index contributed by atoms with van der Waals surface area (Å²) in [4.78, 5) is 6.11. The number of hydrogen-bond donors (Lipinski definition) is 2. The molecule has 0 radical (unpaired) electrons. The Hall–Kier alpha value is -1.20. The lowest BCUT2D eigenvalue weighted by atomic mass is 10.2. The normalized spacial score (nSPS) is 12.4. The molecule has 2 aromatic rings. The van der Waals surface area contributed by atoms with Crippen LogP contribution >= 0.6 is 35.3 Å². The van der Waals surface area contributed by atoms with E-state index in [1.807, 2.05) is 0 Å². The summed E-state index contributed by atoms with van der Waals surface area (Å²) in [6, 6.07) is 4.54. The zero-order chi connectivity index (χ0) is 20.7. The van der Waals surface area contributed by atoms with E-state index in [1.165, 1.54) is 11.3 Å². The van der Waals surface area contributed by atoms with Crippen molar-refractivity contribution >= 4 is 41.3 Å². The van der Waals surface area contributed by atoms with E-state index in [0.717, 1.165) is 70.3 Å². The Morgan fingerprint density at radius 1 is 1.27 bits per heavy atom. The molecule has 0 amide bonds. The Kier molecular flexibility index (Phi) is 14.7. The molecular weight excluding hydrogens is 511 g/mol. The van der Waals surface area contributed by atoms with Gasteiger partial charge in [0, 0.05) is 44.1 Å². The molecule has 0 spiro atoms. The van der Waals surface area contributed by atoms with Gasteiger partial charge in [0.2, 0.25) is 0 Å². The number of nitrogens with zero attached hydrogens (tertiary/aromatic N) is 4. The minimum absolute atomic E-state index is 0. The number of aryl methyl sites for hydroxylation is 1. The lowest BCUT2D eigenvalue weighted by Gasteiger charge is -2.20. The highest BCUT2D eigenvalue weighted by molar-refractivity contribution is 14.0. The molecule has 0 aliphatic rings. The van der Waals surface area contributed by atoms with Gasteiger partial charge >= 0.3 is 0 Å². The van der Waals surface area contributed by atoms with Gasteiger partial charge in [-0.05, 0) is 30.7 Å². The van der Waals surface area contributed by atoms with Crippen LogP contribution in [0.4, 0.5) is 0 Å². The molecule has 0 fully saturated rings. The fourth-order valence-electron chi connectivity index (χ4n) is 2.92. The first-order valence-electron chi connectivity index (χ1n) is 10.8. The van der Waals surface area contributed by atoms with Crippen molar-refractivity contribution in [3.8, 4) is 0 Å². The molecule has 2 rings (SSSR count). The molecule has 170 valence electrons. The van der Waals surface area contributed by atoms with Crippen LogP contribution < -0.4 is 10.6 Å². The largest absolute Gasteiger partial charge is 0.381 e. The summed E-state index contributed by atoms with van der Waals surface area (Å²) in [6.07, 6.45) is 6.90. The van der Waals surface area contributed by atoms with Crippen molar-refractivity contribution in [2.75, 3.05) is 26.3 Å². The fourth-order valence-corrected chi connectivity index (χ4v) is 3.78. The van der Waals surface area contributed by atoms with Gasteiger partial charge < -0.3 is 19.9 Å². The lowest BCUT2D eigenvalue weighted by Crippen LogP contribution is -2.41. The van der Waals surface area contributed by atoms with E-state index in [2.05, 4.69) is 63.7 Å². The van der Waals surface area contributed by atoms with Gasteiger partial charge in [0.25, 0.3) is 0 Å². The number of nitrogens with one attached hydrogen (secondary N) is 2. The number of unbranched alkanes of at least 4 members (excludes halogenated alkanes) is 1. The molecule has 1 unspecified atom stereocenters. The molecule has 30 heavy (non-hydrogen) atoms. The van der Waals surface area contributed by atoms with E-state index >= 15 is 0 Å². The predicted octanol–water partition coefficient (Wildman–Crippen LogP) is 4.41. The molecular formula is C21H37IN6OS. The summed E-state index contributed by atoms with van der Waals surface area (Å²) in [5.74, 6) is 1.86. The molecule has 0 saturated carbocycles. The zero-order valence-corrected chi connectivity index (χ0v) is 21.6. The summed E-state index contributed by atoms with van der Waals surface area (Å²) in [5, 5.41) is 17.3. The van der Waals surface area contributed by atoms with Crippen LogP contribution in [0.25, 0.3) is 0 Å². The molecule has 0 bridgehead atoms. The molecule has 0 aromatic carbocycles. The molecule has 2 aromatic heterocycles. The first kappa shape index (κ1) is 26.8. The van der Waals surface area contributed by atoms with Gasteiger partial charge in [0.15, 0.2) is 5.96 Å². The van der Waals surface area contributed by atoms with Crippen molar-refractivity contribution in [3.63, 3.8) is 0 Å². The fraction of sp³-hybridized carbons (Fsp3) is 0.667. The van der Waals surface area contributed by atoms with Crippen LogP contribution in [0.5, 0.6) is 0 Å². The van der Waals surface area contributed by atoms with Crippen molar-refractivity contribution in [1.82, 2.24) is 25.4 Å². The highest BCUT2D eigenvalue weighted by Gasteiger charge is 2.12. The maximum atomic E-state index is 5.65. The minimum Gasteiger partial charge on any atom is -0.381 e. The standard InChI is InChI=1S/C21H36N6OS.HI/c1-4-7-14-28-15-9-11-22-21(25-18(5-2)19-10-8-16-29-19)23-12-13-27-17-24-26-20(27)6-3;/h8,10,16-18H,4-7,9,11-15H2,1-3H3,(H2,22,23,25);1H. The van der Waals surface area contributed by atoms with Gasteiger partial charge in [-0.25, -0.2) is 0 Å². The molecule has 7 nitrogen and oxygen atoms in total. The van der Waals surface area contributed by atoms with Gasteiger partial charge in [0.05, 0.1) is 6.04 Å². The summed E-state index contributed by atoms with van der Waals surface area (Å²) < 4.78 is 7.73. The van der Waals surface area contributed by atoms with Crippen molar-refractivity contribution in [2.24, 2.45) is 4.99 Å². The van der Waals surface area contributed by atoms with E-state index < -0.39 is 0 Å². The van der Waals surface area contributed by atoms with Gasteiger partial charge in [0.1, 0.15) is 12.2 Å². The molecule has 0 saturated heterocycles. The van der Waals surface area contributed by atoms with Gasteiger partial charge in [-0.1, -0.05) is 33.3 Å². The number of rotatable bonds is 14. The Morgan fingerprint density at radius 2 is 2.10 bits per heavy atom. The lowest BCUT2D eigenvalue weighted by molar-refractivity contribution is 0.130. The van der Waals surface area contributed by atoms with E-state index in [4.69, 9.17) is 9.73 Å². The van der Waals surface area contributed by atoms with Crippen molar-refractivity contribution in [1.29, 1.82) is 0 Å². The van der Waals surface area contributed by atoms with E-state index in [1.54, 1.807) is 17.7 Å². The summed E-state index contributed by atoms with van der Waals surface area (Å²) in [6.45, 7) is 10.4. The third-order valence-corrected chi connectivity index (χ3v) is 5.61. The van der Waals surface area contributed by atoms with E-state index in [9.17, 15) is 0 Å². The maximum absolute atomic E-state index is 5.65. The van der Waals surface area contributed by atoms with Crippen LogP contribution in [0.15, 0.2) is 28.8 Å². The summed E-state index contributed by atoms with van der Waals surface area (Å²) in [7, 11) is 0. The van der Waals surface area contributed by atoms with Crippen LogP contribution in [-0.2, 0) is 17.7 Å². The third-order valence-electron chi connectivity index (χ3n) is 4.62. The van der Waals surface area contributed by atoms with Crippen LogP contribution in [0.3, 0.4) is 0 Å². The predicted molar refractivity (Wildman–Crippen MR) is 136 cm³/mol. The Balaban J connectivity index is 0.00000450. The summed E-state index contributed by atoms with van der Waals surface area (Å²) >= 11 is 1.78. The van der Waals surface area contributed by atoms with Gasteiger partial charge in [-0.15, -0.1) is 45.5 Å². The summed E-state index contributed by atoms with van der Waals surface area (Å²) in [5.41, 5.74) is 0. The van der Waals surface area contributed by atoms with Crippen molar-refractivity contribution < 1.29 is 4.74 Å². The maximum Gasteiger partial charge on any atom is 0.191 e. The smallest absolute Gasteiger partial charge is 0.191 e. The molecule has 0 aliphatic heterocycles. The average Bonchev–Trinajstić information content (AvgIpc) is 3.42. The second-order valence-electron chi connectivity index (χ2n) is 6.89. The van der Waals surface area contributed by atoms with E-state index in [-0.39, 0.29) is 30.0 Å². The monoisotopic (exact) mass is 548 g/mol. The topological polar surface area (TPSA) is 76.4 Å². The van der Waals surface area contributed by atoms with Gasteiger partial charge in [-0.3, -0.25) is 4.99 Å². The third kappa shape index (κ3) is 9.74. The first-order valence-corrected chi connectivity index (χ1v) is 11.7. The SMILES string of the molecule is CCCCOCCCN=C(NCCn1cnnc1CC)NC(CC)c1cccs1.I. The Morgan fingerprint density at radius 3 is 2.80 bits per heavy atom. The molecule has 1 atom stereocenters. The Bertz CT molecular complexity index is 691.